The number of hydrogen-bond acceptors (Lipinski definition) is 6. The van der Waals surface area contributed by atoms with Crippen LogP contribution in [0.2, 0.25) is 0 Å². The van der Waals surface area contributed by atoms with Gasteiger partial charge in [-0.25, -0.2) is 0 Å². The predicted molar refractivity (Wildman–Crippen MR) is 88.7 cm³/mol. The van der Waals surface area contributed by atoms with Gasteiger partial charge >= 0.3 is 29.6 Å². The molecule has 1 N–H and O–H groups in total. The molecular formula is C18H19NaO5S. The van der Waals surface area contributed by atoms with Crippen LogP contribution in [0.25, 0.3) is 10.8 Å². The van der Waals surface area contributed by atoms with Gasteiger partial charge in [-0.05, 0) is 65.6 Å². The summed E-state index contributed by atoms with van der Waals surface area (Å²) in [5, 5.41) is 25.8. The number of aryl methyl sites for hydroxylation is 1. The van der Waals surface area contributed by atoms with Crippen molar-refractivity contribution in [1.29, 1.82) is 0 Å². The molecule has 0 heterocycles. The van der Waals surface area contributed by atoms with E-state index >= 15 is 0 Å². The van der Waals surface area contributed by atoms with Gasteiger partial charge < -0.3 is 14.5 Å². The first-order valence-electron chi connectivity index (χ1n) is 8.17. The van der Waals surface area contributed by atoms with Gasteiger partial charge in [-0.1, -0.05) is 25.1 Å². The SMILES string of the molecule is C[C@]12CCc3c(ccc4cc(OSOO[O-])ccc34)C1CC[C@@H]2O.[Na+]. The molecule has 2 aliphatic carbocycles. The minimum atomic E-state index is -0.192. The Morgan fingerprint density at radius 1 is 1.24 bits per heavy atom. The average molecular weight is 370 g/mol. The van der Waals surface area contributed by atoms with Crippen molar-refractivity contribution < 1.29 is 53.5 Å². The van der Waals surface area contributed by atoms with Crippen LogP contribution in [0.15, 0.2) is 30.3 Å². The molecule has 3 atom stereocenters. The molecule has 5 nitrogen and oxygen atoms in total. The molecule has 4 rings (SSSR count). The fourth-order valence-corrected chi connectivity index (χ4v) is 4.81. The monoisotopic (exact) mass is 370 g/mol. The molecule has 25 heavy (non-hydrogen) atoms. The fourth-order valence-electron chi connectivity index (χ4n) is 4.57. The quantitative estimate of drug-likeness (QED) is 0.273. The van der Waals surface area contributed by atoms with Crippen molar-refractivity contribution in [2.45, 2.75) is 44.6 Å². The van der Waals surface area contributed by atoms with E-state index in [9.17, 15) is 10.4 Å². The molecule has 0 bridgehead atoms. The summed E-state index contributed by atoms with van der Waals surface area (Å²) < 4.78 is 9.36. The van der Waals surface area contributed by atoms with E-state index in [1.54, 1.807) is 0 Å². The zero-order chi connectivity index (χ0) is 16.7. The Balaban J connectivity index is 0.00000182. The first kappa shape index (κ1) is 19.5. The maximum atomic E-state index is 10.4. The number of fused-ring (bicyclic) bond motifs is 5. The largest absolute Gasteiger partial charge is 1.00 e. The third-order valence-electron chi connectivity index (χ3n) is 5.90. The van der Waals surface area contributed by atoms with E-state index in [-0.39, 0.29) is 41.1 Å². The third-order valence-corrected chi connectivity index (χ3v) is 6.27. The third kappa shape index (κ3) is 3.35. The second-order valence-electron chi connectivity index (χ2n) is 6.96. The molecule has 128 valence electrons. The number of aliphatic hydroxyl groups is 1. The Kier molecular flexibility index (Phi) is 6.02. The second-order valence-corrected chi connectivity index (χ2v) is 7.39. The Morgan fingerprint density at radius 2 is 2.08 bits per heavy atom. The van der Waals surface area contributed by atoms with Gasteiger partial charge in [0.1, 0.15) is 5.75 Å². The van der Waals surface area contributed by atoms with E-state index < -0.39 is 0 Å². The molecule has 0 radical (unpaired) electrons. The summed E-state index contributed by atoms with van der Waals surface area (Å²) in [5.41, 5.74) is 2.79. The van der Waals surface area contributed by atoms with E-state index in [2.05, 4.69) is 34.5 Å². The standard InChI is InChI=1S/C18H20O5S.Na/c1-18-9-8-14-13-5-3-12(21-24-23-22-20)10-11(13)2-4-15(14)16(18)6-7-17(18)19;/h2-5,10,16-17,19-20H,6-9H2,1H3;/q;+1/p-1/t16?,17-,18-;/m0./s1. The van der Waals surface area contributed by atoms with Gasteiger partial charge in [0.05, 0.1) is 6.10 Å². The first-order chi connectivity index (χ1) is 11.6. The molecule has 1 saturated carbocycles. The molecule has 7 heteroatoms. The van der Waals surface area contributed by atoms with Crippen molar-refractivity contribution in [1.82, 2.24) is 0 Å². The molecule has 2 aromatic rings. The molecule has 2 aromatic carbocycles. The summed E-state index contributed by atoms with van der Waals surface area (Å²) in [6.07, 6.45) is 3.76. The summed E-state index contributed by atoms with van der Waals surface area (Å²) >= 11 is 0.493. The number of aliphatic hydroxyl groups excluding tert-OH is 1. The van der Waals surface area contributed by atoms with Gasteiger partial charge in [-0.15, -0.1) is 4.33 Å². The van der Waals surface area contributed by atoms with E-state index in [4.69, 9.17) is 4.18 Å². The fraction of sp³-hybridized carbons (Fsp3) is 0.444. The van der Waals surface area contributed by atoms with E-state index in [0.717, 1.165) is 31.1 Å². The van der Waals surface area contributed by atoms with Crippen LogP contribution in [0.5, 0.6) is 5.75 Å². The molecule has 1 unspecified atom stereocenters. The maximum Gasteiger partial charge on any atom is 1.00 e. The minimum Gasteiger partial charge on any atom is -0.691 e. The summed E-state index contributed by atoms with van der Waals surface area (Å²) in [5.74, 6) is 1.04. The van der Waals surface area contributed by atoms with Crippen LogP contribution in [0.1, 0.15) is 43.2 Å². The normalized spacial score (nSPS) is 27.5. The zero-order valence-electron chi connectivity index (χ0n) is 14.4. The second kappa shape index (κ2) is 7.74. The smallest absolute Gasteiger partial charge is 0.691 e. The van der Waals surface area contributed by atoms with E-state index in [0.29, 0.717) is 24.0 Å². The topological polar surface area (TPSA) is 71.0 Å². The van der Waals surface area contributed by atoms with Crippen LogP contribution in [-0.2, 0) is 15.8 Å². The molecule has 0 aromatic heterocycles. The van der Waals surface area contributed by atoms with Crippen molar-refractivity contribution in [3.05, 3.63) is 41.5 Å². The first-order valence-corrected chi connectivity index (χ1v) is 8.83. The summed E-state index contributed by atoms with van der Waals surface area (Å²) in [6.45, 7) is 2.23. The number of benzene rings is 2. The predicted octanol–water partition coefficient (Wildman–Crippen LogP) is 0.200. The maximum absolute atomic E-state index is 10.4. The average Bonchev–Trinajstić information content (AvgIpc) is 2.90. The van der Waals surface area contributed by atoms with Gasteiger partial charge in [0.15, 0.2) is 0 Å². The summed E-state index contributed by atoms with van der Waals surface area (Å²) in [7, 11) is 0. The van der Waals surface area contributed by atoms with Crippen LogP contribution in [-0.4, -0.2) is 11.2 Å². The van der Waals surface area contributed by atoms with Crippen molar-refractivity contribution >= 4 is 23.1 Å². The number of rotatable bonds is 4. The number of hydrogen-bond donors (Lipinski definition) is 1. The van der Waals surface area contributed by atoms with Crippen LogP contribution in [0, 0.1) is 5.41 Å². The van der Waals surface area contributed by atoms with Gasteiger partial charge in [-0.2, -0.15) is 0 Å². The van der Waals surface area contributed by atoms with E-state index in [1.165, 1.54) is 16.5 Å². The summed E-state index contributed by atoms with van der Waals surface area (Å²) in [4.78, 5) is 0. The van der Waals surface area contributed by atoms with Crippen LogP contribution >= 0.6 is 12.3 Å². The van der Waals surface area contributed by atoms with Crippen molar-refractivity contribution in [2.24, 2.45) is 5.41 Å². The molecule has 0 amide bonds. The Labute approximate surface area is 173 Å². The van der Waals surface area contributed by atoms with Crippen molar-refractivity contribution in [3.8, 4) is 5.75 Å². The molecular weight excluding hydrogens is 351 g/mol. The Bertz CT molecular complexity index is 770. The molecule has 0 spiro atoms. The molecule has 0 saturated heterocycles. The molecule has 0 aliphatic heterocycles. The van der Waals surface area contributed by atoms with Crippen LogP contribution in [0.3, 0.4) is 0 Å². The van der Waals surface area contributed by atoms with Crippen LogP contribution < -0.4 is 39.0 Å². The van der Waals surface area contributed by atoms with Crippen molar-refractivity contribution in [3.63, 3.8) is 0 Å². The summed E-state index contributed by atoms with van der Waals surface area (Å²) in [6, 6.07) is 10.1. The Morgan fingerprint density at radius 3 is 2.88 bits per heavy atom. The molecule has 1 fully saturated rings. The van der Waals surface area contributed by atoms with Gasteiger partial charge in [0.2, 0.25) is 0 Å². The Hall–Kier alpha value is -0.310. The van der Waals surface area contributed by atoms with Gasteiger partial charge in [0, 0.05) is 5.41 Å². The zero-order valence-corrected chi connectivity index (χ0v) is 17.2. The molecule has 2 aliphatic rings. The van der Waals surface area contributed by atoms with Gasteiger partial charge in [0.25, 0.3) is 12.3 Å². The van der Waals surface area contributed by atoms with E-state index in [1.807, 2.05) is 12.1 Å². The van der Waals surface area contributed by atoms with Gasteiger partial charge in [-0.3, -0.25) is 5.04 Å². The van der Waals surface area contributed by atoms with Crippen LogP contribution in [0.4, 0.5) is 0 Å². The minimum absolute atomic E-state index is 0. The van der Waals surface area contributed by atoms with Crippen molar-refractivity contribution in [2.75, 3.05) is 0 Å².